The summed E-state index contributed by atoms with van der Waals surface area (Å²) in [5.41, 5.74) is 21.4. The van der Waals surface area contributed by atoms with Crippen LogP contribution in [0, 0.1) is 40.5 Å². The number of nitrogens with zero attached hydrogens (tertiary/aromatic N) is 3. The van der Waals surface area contributed by atoms with Crippen LogP contribution in [0.2, 0.25) is 0 Å². The molecule has 0 spiro atoms. The van der Waals surface area contributed by atoms with Gasteiger partial charge in [-0.3, -0.25) is 0 Å². The summed E-state index contributed by atoms with van der Waals surface area (Å²) in [6.07, 6.45) is 4.96. The number of anilines is 8. The van der Waals surface area contributed by atoms with Gasteiger partial charge >= 0.3 is 0 Å². The molecule has 0 bridgehead atoms. The van der Waals surface area contributed by atoms with Crippen LogP contribution in [0.3, 0.4) is 0 Å². The molecule has 0 saturated heterocycles. The van der Waals surface area contributed by atoms with Crippen LogP contribution >= 0.6 is 0 Å². The van der Waals surface area contributed by atoms with Crippen LogP contribution in [0.15, 0.2) is 151 Å². The van der Waals surface area contributed by atoms with Crippen molar-refractivity contribution in [2.75, 3.05) is 14.7 Å². The second-order valence-corrected chi connectivity index (χ2v) is 15.6. The minimum absolute atomic E-state index is 0.121. The Balaban J connectivity index is 1.41. The molecule has 53 heavy (non-hydrogen) atoms. The smallest absolute Gasteiger partial charge is 0.247 e. The normalized spacial score (nSPS) is 17.1. The van der Waals surface area contributed by atoms with Crippen molar-refractivity contribution < 1.29 is 0 Å². The number of aryl methyl sites for hydroxylation is 5. The van der Waals surface area contributed by atoms with Crippen LogP contribution in [0.25, 0.3) is 0 Å². The van der Waals surface area contributed by atoms with Gasteiger partial charge in [-0.25, -0.2) is 0 Å². The second kappa shape index (κ2) is 12.7. The summed E-state index contributed by atoms with van der Waals surface area (Å²) in [6, 6.07) is 48.3. The number of allylic oxidation sites excluding steroid dienone is 2. The fourth-order valence-corrected chi connectivity index (χ4v) is 8.96. The summed E-state index contributed by atoms with van der Waals surface area (Å²) in [7, 11) is 0. The first-order valence-corrected chi connectivity index (χ1v) is 19.0. The van der Waals surface area contributed by atoms with Gasteiger partial charge in [0.15, 0.2) is 0 Å². The van der Waals surface area contributed by atoms with Crippen molar-refractivity contribution in [2.45, 2.75) is 54.5 Å². The molecule has 2 aliphatic heterocycles. The van der Waals surface area contributed by atoms with Gasteiger partial charge in [-0.15, -0.1) is 0 Å². The molecular formula is C49H46BN3. The van der Waals surface area contributed by atoms with E-state index in [0.717, 1.165) is 17.1 Å². The Labute approximate surface area is 315 Å². The minimum Gasteiger partial charge on any atom is -0.335 e. The SMILES string of the molecule is CC1=CC(C)C2C(=C1)B1c3cc(C)ccc3N(c3ccc(C)cc3)c3cc(N(c4ccc(C)cc4)c4ccc(C)cc4)cc(c31)N2c1ccc(C)cc1. The number of hydrogen-bond acceptors (Lipinski definition) is 3. The molecule has 0 saturated carbocycles. The average molecular weight is 688 g/mol. The van der Waals surface area contributed by atoms with Gasteiger partial charge in [0.05, 0.1) is 11.7 Å². The minimum atomic E-state index is 0.121. The summed E-state index contributed by atoms with van der Waals surface area (Å²) in [6.45, 7) is 15.7. The molecule has 6 aromatic rings. The molecule has 2 atom stereocenters. The number of hydrogen-bond donors (Lipinski definition) is 0. The summed E-state index contributed by atoms with van der Waals surface area (Å²) < 4.78 is 0. The molecule has 1 aliphatic carbocycles. The van der Waals surface area contributed by atoms with Gasteiger partial charge in [0.2, 0.25) is 6.71 Å². The lowest BCUT2D eigenvalue weighted by molar-refractivity contribution is 0.592. The molecule has 9 rings (SSSR count). The Morgan fingerprint density at radius 3 is 1.60 bits per heavy atom. The van der Waals surface area contributed by atoms with Crippen molar-refractivity contribution in [2.24, 2.45) is 5.92 Å². The third kappa shape index (κ3) is 5.60. The first-order chi connectivity index (χ1) is 25.6. The first kappa shape index (κ1) is 33.1. The van der Waals surface area contributed by atoms with E-state index in [2.05, 4.69) is 203 Å². The third-order valence-corrected chi connectivity index (χ3v) is 11.5. The molecule has 0 aromatic heterocycles. The Bertz CT molecular complexity index is 2380. The Hall–Kier alpha value is -5.74. The van der Waals surface area contributed by atoms with E-state index in [1.807, 2.05) is 0 Å². The van der Waals surface area contributed by atoms with Gasteiger partial charge in [-0.1, -0.05) is 119 Å². The van der Waals surface area contributed by atoms with Crippen LogP contribution in [0.4, 0.5) is 45.5 Å². The van der Waals surface area contributed by atoms with Crippen molar-refractivity contribution in [3.8, 4) is 0 Å². The zero-order chi connectivity index (χ0) is 36.5. The van der Waals surface area contributed by atoms with Crippen molar-refractivity contribution in [3.05, 3.63) is 178 Å². The number of benzene rings is 6. The van der Waals surface area contributed by atoms with Crippen LogP contribution in [0.5, 0.6) is 0 Å². The summed E-state index contributed by atoms with van der Waals surface area (Å²) in [5.74, 6) is 0.310. The highest BCUT2D eigenvalue weighted by atomic mass is 15.2. The molecule has 260 valence electrons. The van der Waals surface area contributed by atoms with Gasteiger partial charge < -0.3 is 14.7 Å². The predicted octanol–water partition coefficient (Wildman–Crippen LogP) is 11.7. The molecule has 0 radical (unpaired) electrons. The lowest BCUT2D eigenvalue weighted by Crippen LogP contribution is -2.62. The molecule has 3 nitrogen and oxygen atoms in total. The average Bonchev–Trinajstić information content (AvgIpc) is 3.14. The Kier molecular flexibility index (Phi) is 7.96. The molecule has 2 heterocycles. The molecular weight excluding hydrogens is 641 g/mol. The standard InChI is InChI=1S/C49H46BN3/c1-31-8-17-38(18-9-31)51(39-19-10-32(2)11-20-39)42-29-46-48-47(30-42)53(41-23-14-34(4)15-24-41)49-37(7)26-36(6)28-44(49)50(48)43-27-35(5)16-25-45(43)52(46)40-21-12-33(3)13-22-40/h8-30,37,49H,1-7H3. The molecule has 3 aliphatic rings. The highest BCUT2D eigenvalue weighted by Gasteiger charge is 2.49. The lowest BCUT2D eigenvalue weighted by atomic mass is 9.31. The van der Waals surface area contributed by atoms with Crippen LogP contribution in [0.1, 0.15) is 41.7 Å². The maximum absolute atomic E-state index is 2.66. The number of rotatable bonds is 5. The van der Waals surface area contributed by atoms with Crippen molar-refractivity contribution in [1.82, 2.24) is 0 Å². The Morgan fingerprint density at radius 1 is 0.509 bits per heavy atom. The maximum atomic E-state index is 2.66. The van der Waals surface area contributed by atoms with Crippen LogP contribution in [-0.2, 0) is 0 Å². The van der Waals surface area contributed by atoms with E-state index in [-0.39, 0.29) is 12.8 Å². The first-order valence-electron chi connectivity index (χ1n) is 19.0. The molecule has 2 unspecified atom stereocenters. The largest absolute Gasteiger partial charge is 0.335 e. The quantitative estimate of drug-likeness (QED) is 0.167. The van der Waals surface area contributed by atoms with Gasteiger partial charge in [-0.05, 0) is 125 Å². The van der Waals surface area contributed by atoms with E-state index >= 15 is 0 Å². The second-order valence-electron chi connectivity index (χ2n) is 15.6. The number of fused-ring (bicyclic) bond motifs is 4. The van der Waals surface area contributed by atoms with E-state index in [0.29, 0.717) is 5.92 Å². The monoisotopic (exact) mass is 687 g/mol. The zero-order valence-electron chi connectivity index (χ0n) is 31.9. The highest BCUT2D eigenvalue weighted by molar-refractivity contribution is 6.95. The molecule has 0 fully saturated rings. The molecule has 0 N–H and O–H groups in total. The van der Waals surface area contributed by atoms with Crippen molar-refractivity contribution >= 4 is 63.1 Å². The summed E-state index contributed by atoms with van der Waals surface area (Å²) in [4.78, 5) is 7.63. The van der Waals surface area contributed by atoms with Gasteiger partial charge in [0.1, 0.15) is 0 Å². The lowest BCUT2D eigenvalue weighted by Gasteiger charge is -2.51. The van der Waals surface area contributed by atoms with E-state index in [9.17, 15) is 0 Å². The van der Waals surface area contributed by atoms with E-state index in [1.54, 1.807) is 0 Å². The van der Waals surface area contributed by atoms with Gasteiger partial charge in [-0.2, -0.15) is 0 Å². The van der Waals surface area contributed by atoms with Crippen molar-refractivity contribution in [1.29, 1.82) is 0 Å². The molecule has 6 aromatic carbocycles. The highest BCUT2D eigenvalue weighted by Crippen LogP contribution is 2.50. The van der Waals surface area contributed by atoms with Crippen molar-refractivity contribution in [3.63, 3.8) is 0 Å². The van der Waals surface area contributed by atoms with Gasteiger partial charge in [0, 0.05) is 39.8 Å². The van der Waals surface area contributed by atoms with Gasteiger partial charge in [0.25, 0.3) is 0 Å². The fourth-order valence-electron chi connectivity index (χ4n) is 8.96. The third-order valence-electron chi connectivity index (χ3n) is 11.5. The van der Waals surface area contributed by atoms with Crippen LogP contribution in [-0.4, -0.2) is 12.8 Å². The Morgan fingerprint density at radius 2 is 1.02 bits per heavy atom. The van der Waals surface area contributed by atoms with E-state index in [1.165, 1.54) is 78.2 Å². The maximum Gasteiger partial charge on any atom is 0.247 e. The fraction of sp³-hybridized carbons (Fsp3) is 0.184. The zero-order valence-corrected chi connectivity index (χ0v) is 31.9. The summed E-state index contributed by atoms with van der Waals surface area (Å²) >= 11 is 0. The van der Waals surface area contributed by atoms with E-state index < -0.39 is 0 Å². The molecule has 4 heteroatoms. The van der Waals surface area contributed by atoms with E-state index in [4.69, 9.17) is 0 Å². The summed E-state index contributed by atoms with van der Waals surface area (Å²) in [5, 5.41) is 0. The molecule has 0 amide bonds. The van der Waals surface area contributed by atoms with Crippen LogP contribution < -0.4 is 25.6 Å². The predicted molar refractivity (Wildman–Crippen MR) is 228 cm³/mol. The topological polar surface area (TPSA) is 9.72 Å².